The predicted octanol–water partition coefficient (Wildman–Crippen LogP) is 3.58. The first-order valence-electron chi connectivity index (χ1n) is 6.47. The third-order valence-electron chi connectivity index (χ3n) is 3.70. The SMILES string of the molecule is Cc1nc2n(c1-c1cccc(F)c1)CCC(C)C2. The molecule has 1 aromatic heterocycles. The average molecular weight is 244 g/mol. The summed E-state index contributed by atoms with van der Waals surface area (Å²) in [6, 6.07) is 6.79. The van der Waals surface area contributed by atoms with Gasteiger partial charge in [0.25, 0.3) is 0 Å². The molecule has 0 saturated heterocycles. The van der Waals surface area contributed by atoms with E-state index < -0.39 is 0 Å². The topological polar surface area (TPSA) is 17.8 Å². The van der Waals surface area contributed by atoms with Crippen LogP contribution in [0.2, 0.25) is 0 Å². The van der Waals surface area contributed by atoms with E-state index in [1.54, 1.807) is 12.1 Å². The molecule has 0 spiro atoms. The van der Waals surface area contributed by atoms with Crippen molar-refractivity contribution >= 4 is 0 Å². The molecule has 1 aliphatic rings. The standard InChI is InChI=1S/C15H17FN2/c1-10-6-7-18-14(8-10)17-11(2)15(18)12-4-3-5-13(16)9-12/h3-5,9-10H,6-8H2,1-2H3. The average Bonchev–Trinajstić information content (AvgIpc) is 2.64. The number of aromatic nitrogens is 2. The molecule has 0 fully saturated rings. The van der Waals surface area contributed by atoms with Gasteiger partial charge in [0, 0.05) is 18.5 Å². The van der Waals surface area contributed by atoms with Crippen molar-refractivity contribution in [2.45, 2.75) is 33.2 Å². The molecule has 1 atom stereocenters. The van der Waals surface area contributed by atoms with Crippen LogP contribution < -0.4 is 0 Å². The summed E-state index contributed by atoms with van der Waals surface area (Å²) in [5.41, 5.74) is 3.02. The monoisotopic (exact) mass is 244 g/mol. The number of aryl methyl sites for hydroxylation is 1. The van der Waals surface area contributed by atoms with E-state index in [1.165, 1.54) is 12.5 Å². The van der Waals surface area contributed by atoms with Crippen molar-refractivity contribution in [2.75, 3.05) is 0 Å². The second kappa shape index (κ2) is 4.23. The number of rotatable bonds is 1. The van der Waals surface area contributed by atoms with Crippen molar-refractivity contribution in [3.05, 3.63) is 41.6 Å². The van der Waals surface area contributed by atoms with Gasteiger partial charge in [-0.2, -0.15) is 0 Å². The lowest BCUT2D eigenvalue weighted by atomic mass is 10.00. The number of nitrogens with zero attached hydrogens (tertiary/aromatic N) is 2. The van der Waals surface area contributed by atoms with E-state index in [0.717, 1.165) is 35.7 Å². The minimum atomic E-state index is -0.188. The first-order chi connectivity index (χ1) is 8.65. The summed E-state index contributed by atoms with van der Waals surface area (Å²) in [4.78, 5) is 4.65. The Hall–Kier alpha value is -1.64. The predicted molar refractivity (Wildman–Crippen MR) is 69.8 cm³/mol. The fraction of sp³-hybridized carbons (Fsp3) is 0.400. The van der Waals surface area contributed by atoms with Crippen LogP contribution in [0.1, 0.15) is 24.9 Å². The molecule has 0 saturated carbocycles. The smallest absolute Gasteiger partial charge is 0.123 e. The molecule has 2 nitrogen and oxygen atoms in total. The molecule has 94 valence electrons. The number of benzene rings is 1. The van der Waals surface area contributed by atoms with Gasteiger partial charge in [0.15, 0.2) is 0 Å². The van der Waals surface area contributed by atoms with Crippen LogP contribution in [0, 0.1) is 18.7 Å². The number of hydrogen-bond acceptors (Lipinski definition) is 1. The molecule has 1 aromatic carbocycles. The molecular formula is C15H17FN2. The zero-order valence-electron chi connectivity index (χ0n) is 10.8. The first-order valence-corrected chi connectivity index (χ1v) is 6.47. The molecule has 2 aromatic rings. The van der Waals surface area contributed by atoms with Gasteiger partial charge in [0.05, 0.1) is 11.4 Å². The summed E-state index contributed by atoms with van der Waals surface area (Å²) >= 11 is 0. The van der Waals surface area contributed by atoms with Gasteiger partial charge in [-0.15, -0.1) is 0 Å². The van der Waals surface area contributed by atoms with Gasteiger partial charge < -0.3 is 4.57 Å². The van der Waals surface area contributed by atoms with E-state index in [-0.39, 0.29) is 5.82 Å². The van der Waals surface area contributed by atoms with Crippen LogP contribution in [0.3, 0.4) is 0 Å². The molecule has 0 aliphatic carbocycles. The van der Waals surface area contributed by atoms with Crippen molar-refractivity contribution in [3.63, 3.8) is 0 Å². The third kappa shape index (κ3) is 1.84. The van der Waals surface area contributed by atoms with Gasteiger partial charge in [-0.3, -0.25) is 0 Å². The van der Waals surface area contributed by atoms with Crippen LogP contribution in [-0.2, 0) is 13.0 Å². The molecule has 3 rings (SSSR count). The fourth-order valence-corrected chi connectivity index (χ4v) is 2.79. The highest BCUT2D eigenvalue weighted by Crippen LogP contribution is 2.30. The zero-order chi connectivity index (χ0) is 12.7. The maximum absolute atomic E-state index is 13.4. The van der Waals surface area contributed by atoms with Crippen molar-refractivity contribution in [1.82, 2.24) is 9.55 Å². The number of fused-ring (bicyclic) bond motifs is 1. The van der Waals surface area contributed by atoms with E-state index in [2.05, 4.69) is 16.5 Å². The molecule has 0 radical (unpaired) electrons. The van der Waals surface area contributed by atoms with Crippen LogP contribution in [0.15, 0.2) is 24.3 Å². The van der Waals surface area contributed by atoms with E-state index in [1.807, 2.05) is 13.0 Å². The normalized spacial score (nSPS) is 18.7. The Labute approximate surface area is 106 Å². The molecule has 0 amide bonds. The Bertz CT molecular complexity index is 586. The maximum Gasteiger partial charge on any atom is 0.123 e. The highest BCUT2D eigenvalue weighted by molar-refractivity contribution is 5.63. The summed E-state index contributed by atoms with van der Waals surface area (Å²) in [7, 11) is 0. The van der Waals surface area contributed by atoms with E-state index in [0.29, 0.717) is 5.92 Å². The van der Waals surface area contributed by atoms with Crippen LogP contribution in [0.4, 0.5) is 4.39 Å². The molecule has 3 heteroatoms. The molecule has 18 heavy (non-hydrogen) atoms. The Morgan fingerprint density at radius 3 is 3.00 bits per heavy atom. The summed E-state index contributed by atoms with van der Waals surface area (Å²) in [5, 5.41) is 0. The molecule has 1 aliphatic heterocycles. The lowest BCUT2D eigenvalue weighted by molar-refractivity contribution is 0.411. The second-order valence-electron chi connectivity index (χ2n) is 5.22. The van der Waals surface area contributed by atoms with E-state index in [4.69, 9.17) is 0 Å². The molecule has 1 unspecified atom stereocenters. The highest BCUT2D eigenvalue weighted by Gasteiger charge is 2.22. The van der Waals surface area contributed by atoms with Gasteiger partial charge in [0.2, 0.25) is 0 Å². The summed E-state index contributed by atoms with van der Waals surface area (Å²) in [6.07, 6.45) is 2.20. The molecule has 0 N–H and O–H groups in total. The summed E-state index contributed by atoms with van der Waals surface area (Å²) in [5.74, 6) is 1.65. The Kier molecular flexibility index (Phi) is 2.69. The third-order valence-corrected chi connectivity index (χ3v) is 3.70. The first kappa shape index (κ1) is 11.5. The zero-order valence-corrected chi connectivity index (χ0v) is 10.8. The van der Waals surface area contributed by atoms with Crippen LogP contribution >= 0.6 is 0 Å². The largest absolute Gasteiger partial charge is 0.328 e. The minimum Gasteiger partial charge on any atom is -0.328 e. The van der Waals surface area contributed by atoms with Gasteiger partial charge in [0.1, 0.15) is 11.6 Å². The summed E-state index contributed by atoms with van der Waals surface area (Å²) in [6.45, 7) is 5.26. The van der Waals surface area contributed by atoms with Crippen LogP contribution in [-0.4, -0.2) is 9.55 Å². The maximum atomic E-state index is 13.4. The minimum absolute atomic E-state index is 0.188. The van der Waals surface area contributed by atoms with Gasteiger partial charge in [-0.25, -0.2) is 9.37 Å². The lowest BCUT2D eigenvalue weighted by Gasteiger charge is -2.21. The Balaban J connectivity index is 2.13. The lowest BCUT2D eigenvalue weighted by Crippen LogP contribution is -2.17. The molecular weight excluding hydrogens is 227 g/mol. The van der Waals surface area contributed by atoms with Gasteiger partial charge in [-0.1, -0.05) is 19.1 Å². The Morgan fingerprint density at radius 2 is 2.22 bits per heavy atom. The number of imidazole rings is 1. The van der Waals surface area contributed by atoms with Crippen molar-refractivity contribution in [2.24, 2.45) is 5.92 Å². The fourth-order valence-electron chi connectivity index (χ4n) is 2.79. The Morgan fingerprint density at radius 1 is 1.39 bits per heavy atom. The van der Waals surface area contributed by atoms with Crippen LogP contribution in [0.5, 0.6) is 0 Å². The van der Waals surface area contributed by atoms with E-state index >= 15 is 0 Å². The molecule has 0 bridgehead atoms. The van der Waals surface area contributed by atoms with Crippen molar-refractivity contribution in [3.8, 4) is 11.3 Å². The van der Waals surface area contributed by atoms with Gasteiger partial charge >= 0.3 is 0 Å². The number of halogens is 1. The van der Waals surface area contributed by atoms with Crippen molar-refractivity contribution in [1.29, 1.82) is 0 Å². The van der Waals surface area contributed by atoms with Crippen molar-refractivity contribution < 1.29 is 4.39 Å². The second-order valence-corrected chi connectivity index (χ2v) is 5.22. The summed E-state index contributed by atoms with van der Waals surface area (Å²) < 4.78 is 15.6. The van der Waals surface area contributed by atoms with Crippen LogP contribution in [0.25, 0.3) is 11.3 Å². The molecule has 2 heterocycles. The van der Waals surface area contributed by atoms with Gasteiger partial charge in [-0.05, 0) is 31.4 Å². The quantitative estimate of drug-likeness (QED) is 0.749. The number of hydrogen-bond donors (Lipinski definition) is 0. The highest BCUT2D eigenvalue weighted by atomic mass is 19.1. The van der Waals surface area contributed by atoms with E-state index in [9.17, 15) is 4.39 Å².